The van der Waals surface area contributed by atoms with Gasteiger partial charge in [0.1, 0.15) is 5.69 Å². The standard InChI is InChI=1S/C15H18N2O5/c1-9(2)7-14(19)22-8-13(18)16-15-11(4)10(3)5-6-12(15)17(20)21/h5-7H,8H2,1-4H3,(H,16,18). The molecule has 0 saturated heterocycles. The smallest absolute Gasteiger partial charge is 0.331 e. The average molecular weight is 306 g/mol. The van der Waals surface area contributed by atoms with Crippen LogP contribution in [0.2, 0.25) is 0 Å². The van der Waals surface area contributed by atoms with E-state index in [2.05, 4.69) is 5.32 Å². The van der Waals surface area contributed by atoms with Gasteiger partial charge in [0.05, 0.1) is 4.92 Å². The Hall–Kier alpha value is -2.70. The number of ether oxygens (including phenoxy) is 1. The Labute approximate surface area is 128 Å². The summed E-state index contributed by atoms with van der Waals surface area (Å²) in [5, 5.41) is 13.4. The number of nitro benzene ring substituents is 1. The molecule has 1 aromatic rings. The van der Waals surface area contributed by atoms with E-state index >= 15 is 0 Å². The van der Waals surface area contributed by atoms with E-state index in [1.54, 1.807) is 33.8 Å². The van der Waals surface area contributed by atoms with Crippen molar-refractivity contribution >= 4 is 23.3 Å². The fraction of sp³-hybridized carbons (Fsp3) is 0.333. The number of amides is 1. The van der Waals surface area contributed by atoms with Gasteiger partial charge in [-0.3, -0.25) is 14.9 Å². The molecule has 0 aliphatic rings. The van der Waals surface area contributed by atoms with Crippen molar-refractivity contribution in [3.05, 3.63) is 45.0 Å². The topological polar surface area (TPSA) is 98.5 Å². The lowest BCUT2D eigenvalue weighted by atomic mass is 10.1. The number of hydrogen-bond donors (Lipinski definition) is 1. The average Bonchev–Trinajstić information content (AvgIpc) is 2.40. The van der Waals surface area contributed by atoms with E-state index in [4.69, 9.17) is 4.74 Å². The lowest BCUT2D eigenvalue weighted by Gasteiger charge is -2.11. The Morgan fingerprint density at radius 2 is 1.95 bits per heavy atom. The number of carbonyl (C=O) groups excluding carboxylic acids is 2. The van der Waals surface area contributed by atoms with Crippen molar-refractivity contribution in [2.45, 2.75) is 27.7 Å². The minimum atomic E-state index is -0.634. The summed E-state index contributed by atoms with van der Waals surface area (Å²) in [5.74, 6) is -1.27. The fourth-order valence-electron chi connectivity index (χ4n) is 1.70. The molecule has 0 aliphatic heterocycles. The maximum absolute atomic E-state index is 11.8. The molecule has 7 nitrogen and oxygen atoms in total. The van der Waals surface area contributed by atoms with Crippen LogP contribution >= 0.6 is 0 Å². The lowest BCUT2D eigenvalue weighted by Crippen LogP contribution is -2.21. The first-order chi connectivity index (χ1) is 10.2. The number of carbonyl (C=O) groups is 2. The SMILES string of the molecule is CC(C)=CC(=O)OCC(=O)Nc1c([N+](=O)[O-])ccc(C)c1C. The van der Waals surface area contributed by atoms with Crippen molar-refractivity contribution in [1.29, 1.82) is 0 Å². The molecule has 118 valence electrons. The molecule has 0 aromatic heterocycles. The van der Waals surface area contributed by atoms with E-state index in [9.17, 15) is 19.7 Å². The Kier molecular flexibility index (Phi) is 5.80. The van der Waals surface area contributed by atoms with Crippen LogP contribution in [-0.4, -0.2) is 23.4 Å². The van der Waals surface area contributed by atoms with E-state index in [-0.39, 0.29) is 11.4 Å². The second-order valence-electron chi connectivity index (χ2n) is 5.04. The molecule has 1 rings (SSSR count). The highest BCUT2D eigenvalue weighted by molar-refractivity contribution is 5.96. The van der Waals surface area contributed by atoms with Crippen molar-refractivity contribution in [3.63, 3.8) is 0 Å². The highest BCUT2D eigenvalue weighted by Gasteiger charge is 2.19. The summed E-state index contributed by atoms with van der Waals surface area (Å²) in [6.07, 6.45) is 1.26. The molecule has 1 N–H and O–H groups in total. The number of nitrogens with zero attached hydrogens (tertiary/aromatic N) is 1. The molecule has 1 amide bonds. The summed E-state index contributed by atoms with van der Waals surface area (Å²) in [5.41, 5.74) is 2.07. The zero-order valence-corrected chi connectivity index (χ0v) is 12.9. The molecule has 0 saturated carbocycles. The van der Waals surface area contributed by atoms with Gasteiger partial charge in [0.25, 0.3) is 11.6 Å². The Morgan fingerprint density at radius 1 is 1.32 bits per heavy atom. The van der Waals surface area contributed by atoms with Gasteiger partial charge in [-0.25, -0.2) is 4.79 Å². The zero-order valence-electron chi connectivity index (χ0n) is 12.9. The van der Waals surface area contributed by atoms with Gasteiger partial charge in [-0.1, -0.05) is 11.6 Å². The van der Waals surface area contributed by atoms with E-state index in [1.807, 2.05) is 0 Å². The largest absolute Gasteiger partial charge is 0.452 e. The number of hydrogen-bond acceptors (Lipinski definition) is 5. The molecule has 0 spiro atoms. The number of anilines is 1. The van der Waals surface area contributed by atoms with Gasteiger partial charge in [-0.15, -0.1) is 0 Å². The van der Waals surface area contributed by atoms with Gasteiger partial charge < -0.3 is 10.1 Å². The van der Waals surface area contributed by atoms with Crippen LogP contribution in [0.25, 0.3) is 0 Å². The third-order valence-corrected chi connectivity index (χ3v) is 2.93. The van der Waals surface area contributed by atoms with Crippen LogP contribution in [0.5, 0.6) is 0 Å². The van der Waals surface area contributed by atoms with E-state index in [0.717, 1.165) is 11.1 Å². The van der Waals surface area contributed by atoms with Crippen molar-refractivity contribution in [1.82, 2.24) is 0 Å². The van der Waals surface area contributed by atoms with E-state index in [0.29, 0.717) is 5.56 Å². The normalized spacial score (nSPS) is 9.82. The first-order valence-corrected chi connectivity index (χ1v) is 6.58. The predicted molar refractivity (Wildman–Crippen MR) is 81.6 cm³/mol. The molecule has 0 aliphatic carbocycles. The van der Waals surface area contributed by atoms with Crippen molar-refractivity contribution in [3.8, 4) is 0 Å². The number of rotatable bonds is 5. The van der Waals surface area contributed by atoms with Gasteiger partial charge in [0, 0.05) is 12.1 Å². The van der Waals surface area contributed by atoms with Gasteiger partial charge in [-0.2, -0.15) is 0 Å². The Morgan fingerprint density at radius 3 is 2.50 bits per heavy atom. The van der Waals surface area contributed by atoms with Gasteiger partial charge >= 0.3 is 5.97 Å². The number of aryl methyl sites for hydroxylation is 1. The minimum absolute atomic E-state index is 0.119. The summed E-state index contributed by atoms with van der Waals surface area (Å²) >= 11 is 0. The fourth-order valence-corrected chi connectivity index (χ4v) is 1.70. The minimum Gasteiger partial charge on any atom is -0.452 e. The molecule has 0 heterocycles. The van der Waals surface area contributed by atoms with Gasteiger partial charge in [0.2, 0.25) is 0 Å². The molecule has 7 heteroatoms. The van der Waals surface area contributed by atoms with Crippen molar-refractivity contribution in [2.24, 2.45) is 0 Å². The summed E-state index contributed by atoms with van der Waals surface area (Å²) in [4.78, 5) is 33.6. The van der Waals surface area contributed by atoms with Crippen LogP contribution in [-0.2, 0) is 14.3 Å². The highest BCUT2D eigenvalue weighted by atomic mass is 16.6. The van der Waals surface area contributed by atoms with E-state index in [1.165, 1.54) is 12.1 Å². The summed E-state index contributed by atoms with van der Waals surface area (Å²) in [7, 11) is 0. The Balaban J connectivity index is 2.84. The summed E-state index contributed by atoms with van der Waals surface area (Å²) in [6, 6.07) is 2.94. The first kappa shape index (κ1) is 17.4. The molecule has 0 radical (unpaired) electrons. The zero-order chi connectivity index (χ0) is 16.9. The predicted octanol–water partition coefficient (Wildman–Crippen LogP) is 2.66. The quantitative estimate of drug-likeness (QED) is 0.390. The monoisotopic (exact) mass is 306 g/mol. The van der Waals surface area contributed by atoms with Gasteiger partial charge in [0.15, 0.2) is 6.61 Å². The molecular formula is C15H18N2O5. The van der Waals surface area contributed by atoms with Crippen molar-refractivity contribution < 1.29 is 19.2 Å². The number of benzene rings is 1. The van der Waals surface area contributed by atoms with Gasteiger partial charge in [-0.05, 0) is 38.8 Å². The summed E-state index contributed by atoms with van der Waals surface area (Å²) < 4.78 is 4.76. The maximum atomic E-state index is 11.8. The molecule has 0 fully saturated rings. The van der Waals surface area contributed by atoms with Crippen LogP contribution in [0.1, 0.15) is 25.0 Å². The summed E-state index contributed by atoms with van der Waals surface area (Å²) in [6.45, 7) is 6.39. The van der Waals surface area contributed by atoms with Crippen molar-refractivity contribution in [2.75, 3.05) is 11.9 Å². The lowest BCUT2D eigenvalue weighted by molar-refractivity contribution is -0.384. The van der Waals surface area contributed by atoms with Crippen LogP contribution in [0, 0.1) is 24.0 Å². The van der Waals surface area contributed by atoms with E-state index < -0.39 is 23.4 Å². The molecule has 0 bridgehead atoms. The molecule has 22 heavy (non-hydrogen) atoms. The molecular weight excluding hydrogens is 288 g/mol. The van der Waals surface area contributed by atoms with Crippen LogP contribution in [0.15, 0.2) is 23.8 Å². The van der Waals surface area contributed by atoms with Crippen LogP contribution in [0.3, 0.4) is 0 Å². The number of nitro groups is 1. The number of esters is 1. The van der Waals surface area contributed by atoms with Crippen LogP contribution in [0.4, 0.5) is 11.4 Å². The second kappa shape index (κ2) is 7.35. The molecule has 0 atom stereocenters. The Bertz CT molecular complexity index is 646. The third kappa shape index (κ3) is 4.69. The highest BCUT2D eigenvalue weighted by Crippen LogP contribution is 2.30. The molecule has 1 aromatic carbocycles. The molecule has 0 unspecified atom stereocenters. The van der Waals surface area contributed by atoms with Crippen LogP contribution < -0.4 is 5.32 Å². The second-order valence-corrected chi connectivity index (χ2v) is 5.04. The third-order valence-electron chi connectivity index (χ3n) is 2.93. The first-order valence-electron chi connectivity index (χ1n) is 6.58. The maximum Gasteiger partial charge on any atom is 0.331 e. The number of nitrogens with one attached hydrogen (secondary N) is 1. The number of allylic oxidation sites excluding steroid dienone is 1.